The quantitative estimate of drug-likeness (QED) is 0.552. The van der Waals surface area contributed by atoms with E-state index in [0.29, 0.717) is 0 Å². The van der Waals surface area contributed by atoms with Crippen LogP contribution in [0.25, 0.3) is 0 Å². The van der Waals surface area contributed by atoms with Crippen LogP contribution in [-0.2, 0) is 0 Å². The number of ketones is 1. The molecule has 1 atom stereocenters. The highest BCUT2D eigenvalue weighted by Gasteiger charge is 2.38. The van der Waals surface area contributed by atoms with Gasteiger partial charge < -0.3 is 17.0 Å². The van der Waals surface area contributed by atoms with Gasteiger partial charge in [0.05, 0.1) is 19.4 Å². The van der Waals surface area contributed by atoms with Crippen molar-refractivity contribution < 1.29 is 21.8 Å². The van der Waals surface area contributed by atoms with Gasteiger partial charge in [-0.15, -0.1) is 9.80 Å². The monoisotopic (exact) mass is 321 g/mol. The zero-order chi connectivity index (χ0) is 13.0. The van der Waals surface area contributed by atoms with E-state index in [0.717, 1.165) is 18.4 Å². The summed E-state index contributed by atoms with van der Waals surface area (Å²) in [5.74, 6) is 0.157. The molecule has 2 rings (SSSR count). The first kappa shape index (κ1) is 15.6. The molecule has 0 amide bonds. The van der Waals surface area contributed by atoms with Gasteiger partial charge in [-0.25, -0.2) is 0 Å². The van der Waals surface area contributed by atoms with Gasteiger partial charge in [0.2, 0.25) is 0 Å². The Hall–Kier alpha value is -1.42. The lowest BCUT2D eigenvalue weighted by atomic mass is 9.99. The van der Waals surface area contributed by atoms with Crippen molar-refractivity contribution in [2.45, 2.75) is 25.8 Å². The first-order chi connectivity index (χ1) is 8.72. The number of benzene rings is 1. The predicted octanol–water partition coefficient (Wildman–Crippen LogP) is -0.243. The Balaban J connectivity index is 0.00000180. The Morgan fingerprint density at radius 3 is 2.47 bits per heavy atom. The fraction of sp³-hybridized carbons (Fsp3) is 0.333. The van der Waals surface area contributed by atoms with Gasteiger partial charge in [-0.1, -0.05) is 43.7 Å². The molecule has 0 saturated carbocycles. The van der Waals surface area contributed by atoms with E-state index in [-0.39, 0.29) is 28.8 Å². The number of carbonyl (C=O) groups excluding carboxylic acids is 1. The van der Waals surface area contributed by atoms with Crippen LogP contribution in [0.1, 0.15) is 30.1 Å². The average Bonchev–Trinajstić information content (AvgIpc) is 2.82. The molecule has 0 bridgehead atoms. The predicted molar refractivity (Wildman–Crippen MR) is 71.5 cm³/mol. The molecule has 0 spiro atoms. The molecule has 0 saturated heterocycles. The van der Waals surface area contributed by atoms with Crippen molar-refractivity contribution in [1.29, 1.82) is 0 Å². The minimum atomic E-state index is -0.154. The van der Waals surface area contributed by atoms with Crippen LogP contribution < -0.4 is 17.0 Å². The highest BCUT2D eigenvalue weighted by atomic mass is 79.9. The van der Waals surface area contributed by atoms with Crippen LogP contribution in [0.15, 0.2) is 42.7 Å². The van der Waals surface area contributed by atoms with E-state index < -0.39 is 0 Å². The maximum Gasteiger partial charge on any atom is 0.564 e. The summed E-state index contributed by atoms with van der Waals surface area (Å²) in [5, 5.41) is 0. The third-order valence-corrected chi connectivity index (χ3v) is 2.98. The zero-order valence-electron chi connectivity index (χ0n) is 11.2. The van der Waals surface area contributed by atoms with Crippen molar-refractivity contribution in [3.05, 3.63) is 55.0 Å². The van der Waals surface area contributed by atoms with Crippen molar-refractivity contribution >= 4 is 5.78 Å². The topological polar surface area (TPSA) is 23.6 Å². The average molecular weight is 322 g/mol. The van der Waals surface area contributed by atoms with Gasteiger partial charge in [-0.05, 0) is 6.42 Å². The molecule has 1 aliphatic rings. The Morgan fingerprint density at radius 1 is 1.26 bits per heavy atom. The number of hydrogen-bond acceptors (Lipinski definition) is 3. The highest BCUT2D eigenvalue weighted by molar-refractivity contribution is 6.00. The minimum absolute atomic E-state index is 0. The molecular formula is C15H18BrN2O. The van der Waals surface area contributed by atoms with Gasteiger partial charge in [-0.3, -0.25) is 4.79 Å². The molecule has 19 heavy (non-hydrogen) atoms. The fourth-order valence-electron chi connectivity index (χ4n) is 2.06. The maximum atomic E-state index is 12.5. The SMILES string of the molecule is CCCC(C(=O)c1ccccc1)N1[C+]N(C)C=C1.[Br-]. The molecule has 1 aliphatic heterocycles. The van der Waals surface area contributed by atoms with Crippen LogP contribution in [0.4, 0.5) is 0 Å². The summed E-state index contributed by atoms with van der Waals surface area (Å²) in [6.45, 7) is 5.22. The van der Waals surface area contributed by atoms with Crippen LogP contribution in [0, 0.1) is 6.67 Å². The third-order valence-electron chi connectivity index (χ3n) is 2.98. The maximum absolute atomic E-state index is 12.5. The van der Waals surface area contributed by atoms with Crippen LogP contribution >= 0.6 is 0 Å². The molecule has 1 radical (unpaired) electrons. The molecule has 101 valence electrons. The van der Waals surface area contributed by atoms with E-state index in [2.05, 4.69) is 13.6 Å². The minimum Gasteiger partial charge on any atom is -1.00 e. The summed E-state index contributed by atoms with van der Waals surface area (Å²) in [5.41, 5.74) is 0.765. The summed E-state index contributed by atoms with van der Waals surface area (Å²) in [4.78, 5) is 16.2. The number of halogens is 1. The lowest BCUT2D eigenvalue weighted by Crippen LogP contribution is -3.00. The molecule has 1 heterocycles. The molecule has 3 nitrogen and oxygen atoms in total. The molecule has 1 unspecified atom stereocenters. The first-order valence-electron chi connectivity index (χ1n) is 6.27. The summed E-state index contributed by atoms with van der Waals surface area (Å²) >= 11 is 0. The summed E-state index contributed by atoms with van der Waals surface area (Å²) in [6.07, 6.45) is 5.61. The molecule has 0 N–H and O–H groups in total. The normalized spacial score (nSPS) is 14.8. The summed E-state index contributed by atoms with van der Waals surface area (Å²) in [7, 11) is 1.91. The number of Topliss-reactive ketones (excluding diaryl/α,β-unsaturated/α-hetero) is 1. The Bertz CT molecular complexity index is 433. The smallest absolute Gasteiger partial charge is 0.564 e. The highest BCUT2D eigenvalue weighted by Crippen LogP contribution is 2.20. The van der Waals surface area contributed by atoms with Gasteiger partial charge in [0, 0.05) is 5.56 Å². The van der Waals surface area contributed by atoms with E-state index in [1.165, 1.54) is 0 Å². The number of nitrogens with zero attached hydrogens (tertiary/aromatic N) is 2. The third kappa shape index (κ3) is 3.77. The fourth-order valence-corrected chi connectivity index (χ4v) is 2.06. The number of rotatable bonds is 5. The van der Waals surface area contributed by atoms with Crippen molar-refractivity contribution in [3.8, 4) is 0 Å². The summed E-state index contributed by atoms with van der Waals surface area (Å²) < 4.78 is 0. The van der Waals surface area contributed by atoms with Gasteiger partial charge in [0.15, 0.2) is 5.78 Å². The summed E-state index contributed by atoms with van der Waals surface area (Å²) in [6, 6.07) is 9.31. The lowest BCUT2D eigenvalue weighted by Gasteiger charge is -2.16. The first-order valence-corrected chi connectivity index (χ1v) is 6.27. The van der Waals surface area contributed by atoms with E-state index in [4.69, 9.17) is 0 Å². The molecule has 0 fully saturated rings. The van der Waals surface area contributed by atoms with Crippen molar-refractivity contribution in [2.24, 2.45) is 0 Å². The number of hydrogen-bond donors (Lipinski definition) is 0. The van der Waals surface area contributed by atoms with E-state index in [1.807, 2.05) is 59.6 Å². The molecular weight excluding hydrogens is 304 g/mol. The second kappa shape index (κ2) is 7.24. The molecule has 4 heteroatoms. The Kier molecular flexibility index (Phi) is 5.96. The van der Waals surface area contributed by atoms with E-state index >= 15 is 0 Å². The second-order valence-electron chi connectivity index (χ2n) is 4.45. The van der Waals surface area contributed by atoms with Crippen molar-refractivity contribution in [3.63, 3.8) is 0 Å². The number of carbonyl (C=O) groups is 1. The Labute approximate surface area is 125 Å². The largest absolute Gasteiger partial charge is 1.00 e. The van der Waals surface area contributed by atoms with Crippen LogP contribution in [0.5, 0.6) is 0 Å². The van der Waals surface area contributed by atoms with Gasteiger partial charge in [0.1, 0.15) is 6.04 Å². The zero-order valence-corrected chi connectivity index (χ0v) is 12.8. The second-order valence-corrected chi connectivity index (χ2v) is 4.45. The molecule has 0 aliphatic carbocycles. The van der Waals surface area contributed by atoms with E-state index in [9.17, 15) is 4.79 Å². The van der Waals surface area contributed by atoms with Crippen LogP contribution in [0.3, 0.4) is 0 Å². The molecule has 1 aromatic carbocycles. The van der Waals surface area contributed by atoms with Gasteiger partial charge in [0.25, 0.3) is 0 Å². The van der Waals surface area contributed by atoms with Gasteiger partial charge >= 0.3 is 6.67 Å². The van der Waals surface area contributed by atoms with Crippen LogP contribution in [0.2, 0.25) is 0 Å². The van der Waals surface area contributed by atoms with E-state index in [1.54, 1.807) is 0 Å². The molecule has 1 aromatic rings. The van der Waals surface area contributed by atoms with Crippen molar-refractivity contribution in [1.82, 2.24) is 9.80 Å². The standard InChI is InChI=1S/C15H18N2O.BrH/c1-3-7-14(17-11-10-16(2)12-17)15(18)13-8-5-4-6-9-13;/h4-6,8-11,14H,3,7H2,1-2H3;1H/q+1;/p-1. The van der Waals surface area contributed by atoms with Gasteiger partial charge in [-0.2, -0.15) is 0 Å². The van der Waals surface area contributed by atoms with Crippen molar-refractivity contribution in [2.75, 3.05) is 7.05 Å². The Morgan fingerprint density at radius 2 is 1.95 bits per heavy atom. The van der Waals surface area contributed by atoms with Crippen LogP contribution in [-0.4, -0.2) is 28.7 Å². The molecule has 0 aromatic heterocycles. The lowest BCUT2D eigenvalue weighted by molar-refractivity contribution is -0.0000117.